The van der Waals surface area contributed by atoms with Crippen LogP contribution in [0.2, 0.25) is 0 Å². The summed E-state index contributed by atoms with van der Waals surface area (Å²) in [6, 6.07) is 11.2. The molecule has 0 amide bonds. The van der Waals surface area contributed by atoms with E-state index in [1.165, 1.54) is 6.07 Å². The van der Waals surface area contributed by atoms with Gasteiger partial charge in [-0.3, -0.25) is 4.98 Å². The normalized spacial score (nSPS) is 12.9. The maximum absolute atomic E-state index is 12.5. The van der Waals surface area contributed by atoms with Crippen LogP contribution < -0.4 is 5.32 Å². The van der Waals surface area contributed by atoms with Gasteiger partial charge in [0.05, 0.1) is 11.4 Å². The monoisotopic (exact) mass is 303 g/mol. The molecule has 3 rings (SSSR count). The summed E-state index contributed by atoms with van der Waals surface area (Å²) in [5.74, 6) is -0.410. The minimum Gasteiger partial charge on any atom is -0.355 e. The van der Waals surface area contributed by atoms with Crippen molar-refractivity contribution < 1.29 is 13.3 Å². The molecule has 4 nitrogen and oxygen atoms in total. The van der Waals surface area contributed by atoms with Gasteiger partial charge in [0.1, 0.15) is 0 Å². The Morgan fingerprint density at radius 1 is 1.23 bits per heavy atom. The lowest BCUT2D eigenvalue weighted by Crippen LogP contribution is -2.19. The van der Waals surface area contributed by atoms with E-state index in [9.17, 15) is 8.78 Å². The Morgan fingerprint density at radius 3 is 2.82 bits per heavy atom. The molecule has 6 heteroatoms. The summed E-state index contributed by atoms with van der Waals surface area (Å²) in [4.78, 5) is 4.43. The molecular formula is C16H15F2N3O. The van der Waals surface area contributed by atoms with Gasteiger partial charge < -0.3 is 9.84 Å². The van der Waals surface area contributed by atoms with E-state index in [0.29, 0.717) is 12.2 Å². The first-order valence-corrected chi connectivity index (χ1v) is 6.96. The molecule has 0 saturated heterocycles. The molecule has 0 radical (unpaired) electrons. The third-order valence-electron chi connectivity index (χ3n) is 3.50. The summed E-state index contributed by atoms with van der Waals surface area (Å²) in [6.45, 7) is 2.31. The minimum absolute atomic E-state index is 0.0437. The predicted molar refractivity (Wildman–Crippen MR) is 78.5 cm³/mol. The highest BCUT2D eigenvalue weighted by molar-refractivity contribution is 5.84. The van der Waals surface area contributed by atoms with E-state index in [1.807, 2.05) is 37.3 Å². The molecule has 114 valence electrons. The van der Waals surface area contributed by atoms with Gasteiger partial charge >= 0.3 is 0 Å². The molecule has 0 aliphatic heterocycles. The standard InChI is InChI=1S/C16H15F2N3O/c1-10(20-9-12-8-14(16(17)18)22-21-12)15-13-5-3-2-4-11(13)6-7-19-15/h2-8,10,16,20H,9H2,1H3. The maximum atomic E-state index is 12.5. The van der Waals surface area contributed by atoms with Crippen LogP contribution in [0.1, 0.15) is 36.5 Å². The van der Waals surface area contributed by atoms with E-state index < -0.39 is 12.2 Å². The van der Waals surface area contributed by atoms with Crippen LogP contribution >= 0.6 is 0 Å². The second kappa shape index (κ2) is 6.19. The van der Waals surface area contributed by atoms with E-state index in [-0.39, 0.29) is 6.04 Å². The molecule has 0 aliphatic carbocycles. The first-order valence-electron chi connectivity index (χ1n) is 6.96. The van der Waals surface area contributed by atoms with Gasteiger partial charge in [0, 0.05) is 30.2 Å². The molecular weight excluding hydrogens is 288 g/mol. The smallest absolute Gasteiger partial charge is 0.298 e. The summed E-state index contributed by atoms with van der Waals surface area (Å²) in [7, 11) is 0. The first kappa shape index (κ1) is 14.6. The quantitative estimate of drug-likeness (QED) is 0.773. The molecule has 0 saturated carbocycles. The van der Waals surface area contributed by atoms with Gasteiger partial charge in [-0.1, -0.05) is 29.4 Å². The van der Waals surface area contributed by atoms with Crippen molar-refractivity contribution in [1.82, 2.24) is 15.5 Å². The highest BCUT2D eigenvalue weighted by Gasteiger charge is 2.15. The zero-order valence-corrected chi connectivity index (χ0v) is 12.0. The zero-order chi connectivity index (χ0) is 15.5. The summed E-state index contributed by atoms with van der Waals surface area (Å²) < 4.78 is 29.5. The van der Waals surface area contributed by atoms with Gasteiger partial charge in [0.15, 0.2) is 0 Å². The lowest BCUT2D eigenvalue weighted by molar-refractivity contribution is 0.112. The van der Waals surface area contributed by atoms with E-state index in [0.717, 1.165) is 16.5 Å². The lowest BCUT2D eigenvalue weighted by Gasteiger charge is -2.14. The zero-order valence-electron chi connectivity index (χ0n) is 12.0. The van der Waals surface area contributed by atoms with Crippen LogP contribution in [0.5, 0.6) is 0 Å². The highest BCUT2D eigenvalue weighted by Crippen LogP contribution is 2.23. The number of rotatable bonds is 5. The van der Waals surface area contributed by atoms with Crippen molar-refractivity contribution in [2.75, 3.05) is 0 Å². The number of nitrogens with one attached hydrogen (secondary N) is 1. The van der Waals surface area contributed by atoms with Gasteiger partial charge in [-0.25, -0.2) is 8.78 Å². The number of fused-ring (bicyclic) bond motifs is 1. The molecule has 1 aromatic carbocycles. The van der Waals surface area contributed by atoms with Crippen molar-refractivity contribution in [3.05, 3.63) is 59.7 Å². The number of hydrogen-bond acceptors (Lipinski definition) is 4. The number of alkyl halides is 2. The molecule has 3 aromatic rings. The van der Waals surface area contributed by atoms with Crippen molar-refractivity contribution in [3.8, 4) is 0 Å². The number of nitrogens with zero attached hydrogens (tertiary/aromatic N) is 2. The fourth-order valence-corrected chi connectivity index (χ4v) is 2.36. The Morgan fingerprint density at radius 2 is 2.05 bits per heavy atom. The van der Waals surface area contributed by atoms with Crippen LogP contribution in [0, 0.1) is 0 Å². The molecule has 1 unspecified atom stereocenters. The van der Waals surface area contributed by atoms with Crippen LogP contribution in [0.25, 0.3) is 10.8 Å². The summed E-state index contributed by atoms with van der Waals surface area (Å²) in [5.41, 5.74) is 1.36. The van der Waals surface area contributed by atoms with E-state index in [4.69, 9.17) is 0 Å². The molecule has 2 aromatic heterocycles. The number of aromatic nitrogens is 2. The maximum Gasteiger partial charge on any atom is 0.298 e. The first-order chi connectivity index (χ1) is 10.6. The Kier molecular flexibility index (Phi) is 4.11. The Balaban J connectivity index is 1.74. The van der Waals surface area contributed by atoms with Crippen molar-refractivity contribution in [1.29, 1.82) is 0 Å². The molecule has 1 atom stereocenters. The van der Waals surface area contributed by atoms with Crippen LogP contribution in [0.15, 0.2) is 47.1 Å². The third kappa shape index (κ3) is 2.96. The number of benzene rings is 1. The van der Waals surface area contributed by atoms with Crippen LogP contribution in [0.3, 0.4) is 0 Å². The number of halogens is 2. The van der Waals surface area contributed by atoms with Crippen molar-refractivity contribution in [2.24, 2.45) is 0 Å². The molecule has 2 heterocycles. The Hall–Kier alpha value is -2.34. The van der Waals surface area contributed by atoms with Crippen molar-refractivity contribution >= 4 is 10.8 Å². The van der Waals surface area contributed by atoms with Gasteiger partial charge in [-0.05, 0) is 18.4 Å². The second-order valence-electron chi connectivity index (χ2n) is 5.04. The predicted octanol–water partition coefficient (Wildman–Crippen LogP) is 4.01. The fraction of sp³-hybridized carbons (Fsp3) is 0.250. The van der Waals surface area contributed by atoms with Crippen LogP contribution in [0.4, 0.5) is 8.78 Å². The topological polar surface area (TPSA) is 51.0 Å². The molecule has 1 N–H and O–H groups in total. The summed E-state index contributed by atoms with van der Waals surface area (Å²) in [5, 5.41) is 9.04. The number of hydrogen-bond donors (Lipinski definition) is 1. The molecule has 0 fully saturated rings. The Labute approximate surface area is 126 Å². The fourth-order valence-electron chi connectivity index (χ4n) is 2.36. The number of pyridine rings is 1. The lowest BCUT2D eigenvalue weighted by atomic mass is 10.1. The van der Waals surface area contributed by atoms with Crippen molar-refractivity contribution in [2.45, 2.75) is 25.9 Å². The third-order valence-corrected chi connectivity index (χ3v) is 3.50. The van der Waals surface area contributed by atoms with Gasteiger partial charge in [0.2, 0.25) is 5.76 Å². The van der Waals surface area contributed by atoms with Crippen molar-refractivity contribution in [3.63, 3.8) is 0 Å². The average molecular weight is 303 g/mol. The summed E-state index contributed by atoms with van der Waals surface area (Å²) >= 11 is 0. The summed E-state index contributed by atoms with van der Waals surface area (Å²) in [6.07, 6.45) is -0.876. The largest absolute Gasteiger partial charge is 0.355 e. The highest BCUT2D eigenvalue weighted by atomic mass is 19.3. The van der Waals surface area contributed by atoms with Crippen LogP contribution in [-0.2, 0) is 6.54 Å². The average Bonchev–Trinajstić information content (AvgIpc) is 3.01. The van der Waals surface area contributed by atoms with Gasteiger partial charge in [0.25, 0.3) is 6.43 Å². The SMILES string of the molecule is CC(NCc1cc(C(F)F)on1)c1nccc2ccccc12. The molecule has 0 spiro atoms. The van der Waals surface area contributed by atoms with Crippen LogP contribution in [-0.4, -0.2) is 10.1 Å². The second-order valence-corrected chi connectivity index (χ2v) is 5.04. The van der Waals surface area contributed by atoms with E-state index in [1.54, 1.807) is 6.20 Å². The van der Waals surface area contributed by atoms with E-state index >= 15 is 0 Å². The van der Waals surface area contributed by atoms with Gasteiger partial charge in [-0.2, -0.15) is 0 Å². The minimum atomic E-state index is -2.64. The molecule has 0 bridgehead atoms. The molecule has 0 aliphatic rings. The van der Waals surface area contributed by atoms with E-state index in [2.05, 4.69) is 20.0 Å². The van der Waals surface area contributed by atoms with Gasteiger partial charge in [-0.15, -0.1) is 0 Å². The molecule has 22 heavy (non-hydrogen) atoms. The Bertz CT molecular complexity index is 767.